The highest BCUT2D eigenvalue weighted by atomic mass is 16.5. The quantitative estimate of drug-likeness (QED) is 0.445. The van der Waals surface area contributed by atoms with Crippen molar-refractivity contribution in [1.29, 1.82) is 0 Å². The number of hydrogen-bond donors (Lipinski definition) is 1. The molecule has 2 atom stereocenters. The van der Waals surface area contributed by atoms with E-state index in [9.17, 15) is 4.79 Å². The van der Waals surface area contributed by atoms with Crippen molar-refractivity contribution in [1.82, 2.24) is 10.2 Å². The highest BCUT2D eigenvalue weighted by Crippen LogP contribution is 2.19. The van der Waals surface area contributed by atoms with E-state index in [1.165, 1.54) is 0 Å². The van der Waals surface area contributed by atoms with Crippen LogP contribution in [0.15, 0.2) is 27.8 Å². The number of hydrogen-bond acceptors (Lipinski definition) is 5. The fraction of sp³-hybridized carbons (Fsp3) is 0.700. The number of nitrogens with zero attached hydrogens (tertiary/aromatic N) is 2. The first-order valence-electron chi connectivity index (χ1n) is 10.1. The lowest BCUT2D eigenvalue weighted by Gasteiger charge is -2.34. The largest absolute Gasteiger partial charge is 0.469 e. The summed E-state index contributed by atoms with van der Waals surface area (Å²) >= 11 is 0. The Morgan fingerprint density at radius 1 is 1.44 bits per heavy atom. The minimum Gasteiger partial charge on any atom is -0.469 e. The molecule has 0 spiro atoms. The Balaban J connectivity index is 1.60. The van der Waals surface area contributed by atoms with Gasteiger partial charge in [0.15, 0.2) is 5.96 Å². The lowest BCUT2D eigenvalue weighted by molar-refractivity contribution is -0.149. The van der Waals surface area contributed by atoms with Crippen LogP contribution < -0.4 is 5.32 Å². The van der Waals surface area contributed by atoms with Crippen molar-refractivity contribution >= 4 is 11.9 Å². The molecule has 0 amide bonds. The third-order valence-corrected chi connectivity index (χ3v) is 5.10. The Kier molecular flexibility index (Phi) is 7.56. The minimum atomic E-state index is -0.0960. The fourth-order valence-corrected chi connectivity index (χ4v) is 3.58. The molecule has 27 heavy (non-hydrogen) atoms. The van der Waals surface area contributed by atoms with Gasteiger partial charge < -0.3 is 24.1 Å². The van der Waals surface area contributed by atoms with Crippen LogP contribution in [0.4, 0.5) is 0 Å². The van der Waals surface area contributed by atoms with Gasteiger partial charge in [0.05, 0.1) is 25.4 Å². The maximum atomic E-state index is 12.2. The zero-order chi connectivity index (χ0) is 18.9. The normalized spacial score (nSPS) is 23.4. The average molecular weight is 377 g/mol. The van der Waals surface area contributed by atoms with E-state index in [2.05, 4.69) is 10.2 Å². The summed E-state index contributed by atoms with van der Waals surface area (Å²) in [5.41, 5.74) is 0. The molecule has 1 aromatic heterocycles. The summed E-state index contributed by atoms with van der Waals surface area (Å²) in [7, 11) is 0. The molecule has 2 fully saturated rings. The molecule has 3 heterocycles. The summed E-state index contributed by atoms with van der Waals surface area (Å²) in [6, 6.07) is 3.88. The predicted octanol–water partition coefficient (Wildman–Crippen LogP) is 2.08. The van der Waals surface area contributed by atoms with Crippen LogP contribution >= 0.6 is 0 Å². The molecule has 150 valence electrons. The number of rotatable bonds is 7. The molecule has 0 saturated carbocycles. The van der Waals surface area contributed by atoms with Crippen molar-refractivity contribution in [3.05, 3.63) is 24.2 Å². The van der Waals surface area contributed by atoms with Crippen LogP contribution in [-0.4, -0.2) is 62.8 Å². The zero-order valence-electron chi connectivity index (χ0n) is 16.2. The topological polar surface area (TPSA) is 76.3 Å². The molecule has 3 rings (SSSR count). The van der Waals surface area contributed by atoms with E-state index in [1.54, 1.807) is 6.26 Å². The second-order valence-electron chi connectivity index (χ2n) is 7.19. The van der Waals surface area contributed by atoms with E-state index < -0.39 is 0 Å². The van der Waals surface area contributed by atoms with Crippen molar-refractivity contribution < 1.29 is 18.7 Å². The third kappa shape index (κ3) is 5.99. The van der Waals surface area contributed by atoms with E-state index in [4.69, 9.17) is 18.9 Å². The van der Waals surface area contributed by atoms with E-state index in [-0.39, 0.29) is 11.9 Å². The highest BCUT2D eigenvalue weighted by molar-refractivity contribution is 5.81. The summed E-state index contributed by atoms with van der Waals surface area (Å²) in [5, 5.41) is 3.47. The minimum absolute atomic E-state index is 0.0782. The molecule has 1 aromatic rings. The fourth-order valence-electron chi connectivity index (χ4n) is 3.58. The number of carbonyl (C=O) groups excluding carboxylic acids is 1. The molecule has 0 aliphatic carbocycles. The van der Waals surface area contributed by atoms with Crippen molar-refractivity contribution in [2.24, 2.45) is 16.8 Å². The molecular formula is C20H31N3O4. The van der Waals surface area contributed by atoms with Crippen LogP contribution in [0.2, 0.25) is 0 Å². The first-order valence-corrected chi connectivity index (χ1v) is 10.1. The van der Waals surface area contributed by atoms with Crippen LogP contribution in [0, 0.1) is 11.8 Å². The second kappa shape index (κ2) is 10.3. The van der Waals surface area contributed by atoms with Crippen molar-refractivity contribution in [2.45, 2.75) is 32.6 Å². The van der Waals surface area contributed by atoms with E-state index in [0.717, 1.165) is 70.3 Å². The third-order valence-electron chi connectivity index (χ3n) is 5.10. The number of carbonyl (C=O) groups is 1. The van der Waals surface area contributed by atoms with Crippen LogP contribution in [-0.2, 0) is 20.7 Å². The van der Waals surface area contributed by atoms with Gasteiger partial charge in [0.2, 0.25) is 0 Å². The molecular weight excluding hydrogens is 346 g/mol. The predicted molar refractivity (Wildman–Crippen MR) is 103 cm³/mol. The number of likely N-dealkylation sites (tertiary alicyclic amines) is 1. The molecule has 0 radical (unpaired) electrons. The van der Waals surface area contributed by atoms with Crippen LogP contribution in [0.1, 0.15) is 31.9 Å². The van der Waals surface area contributed by atoms with Gasteiger partial charge in [0.1, 0.15) is 5.76 Å². The van der Waals surface area contributed by atoms with Gasteiger partial charge >= 0.3 is 5.97 Å². The smallest absolute Gasteiger partial charge is 0.310 e. The van der Waals surface area contributed by atoms with Gasteiger partial charge in [-0.05, 0) is 38.3 Å². The molecule has 2 unspecified atom stereocenters. The number of aliphatic imine (C=N–C) groups is 1. The van der Waals surface area contributed by atoms with Crippen molar-refractivity contribution in [2.75, 3.05) is 46.0 Å². The van der Waals surface area contributed by atoms with Crippen LogP contribution in [0.5, 0.6) is 0 Å². The summed E-state index contributed by atoms with van der Waals surface area (Å²) in [6.45, 7) is 6.96. The van der Waals surface area contributed by atoms with E-state index >= 15 is 0 Å². The van der Waals surface area contributed by atoms with E-state index in [1.807, 2.05) is 19.1 Å². The molecule has 0 bridgehead atoms. The standard InChI is InChI=1S/C20H31N3O4/c1-2-26-19(24)17-5-3-10-23(14-17)20(22-13-16-8-12-25-15-16)21-9-7-18-6-4-11-27-18/h4,6,11,16-17H,2-3,5,7-10,12-15H2,1H3,(H,21,22). The van der Waals surface area contributed by atoms with Gasteiger partial charge in [-0.25, -0.2) is 0 Å². The van der Waals surface area contributed by atoms with Gasteiger partial charge in [-0.1, -0.05) is 0 Å². The van der Waals surface area contributed by atoms with Crippen molar-refractivity contribution in [3.63, 3.8) is 0 Å². The SMILES string of the molecule is CCOC(=O)C1CCCN(C(=NCC2CCOC2)NCCc2ccco2)C1. The second-order valence-corrected chi connectivity index (χ2v) is 7.19. The summed E-state index contributed by atoms with van der Waals surface area (Å²) < 4.78 is 16.1. The van der Waals surface area contributed by atoms with Gasteiger partial charge in [-0.2, -0.15) is 0 Å². The van der Waals surface area contributed by atoms with Gasteiger partial charge in [-0.15, -0.1) is 0 Å². The number of guanidine groups is 1. The maximum Gasteiger partial charge on any atom is 0.310 e. The molecule has 0 aromatic carbocycles. The van der Waals surface area contributed by atoms with Crippen LogP contribution in [0.3, 0.4) is 0 Å². The first kappa shape index (κ1) is 19.7. The maximum absolute atomic E-state index is 12.2. The Morgan fingerprint density at radius 3 is 3.11 bits per heavy atom. The summed E-state index contributed by atoms with van der Waals surface area (Å²) in [4.78, 5) is 19.2. The van der Waals surface area contributed by atoms with Gasteiger partial charge in [0.25, 0.3) is 0 Å². The van der Waals surface area contributed by atoms with Gasteiger partial charge in [0, 0.05) is 45.1 Å². The molecule has 1 N–H and O–H groups in total. The number of nitrogens with one attached hydrogen (secondary N) is 1. The number of furan rings is 1. The van der Waals surface area contributed by atoms with Crippen LogP contribution in [0.25, 0.3) is 0 Å². The molecule has 2 saturated heterocycles. The Hall–Kier alpha value is -2.02. The number of esters is 1. The van der Waals surface area contributed by atoms with E-state index in [0.29, 0.717) is 19.1 Å². The molecule has 7 nitrogen and oxygen atoms in total. The molecule has 2 aliphatic rings. The molecule has 7 heteroatoms. The Labute approximate surface area is 161 Å². The lowest BCUT2D eigenvalue weighted by Crippen LogP contribution is -2.49. The van der Waals surface area contributed by atoms with Gasteiger partial charge in [-0.3, -0.25) is 9.79 Å². The number of ether oxygens (including phenoxy) is 2. The Bertz CT molecular complexity index is 596. The Morgan fingerprint density at radius 2 is 2.37 bits per heavy atom. The zero-order valence-corrected chi connectivity index (χ0v) is 16.2. The number of piperidine rings is 1. The monoisotopic (exact) mass is 377 g/mol. The average Bonchev–Trinajstić information content (AvgIpc) is 3.39. The molecule has 2 aliphatic heterocycles. The first-order chi connectivity index (χ1) is 13.3. The van der Waals surface area contributed by atoms with Crippen molar-refractivity contribution in [3.8, 4) is 0 Å². The highest BCUT2D eigenvalue weighted by Gasteiger charge is 2.28. The lowest BCUT2D eigenvalue weighted by atomic mass is 9.98. The summed E-state index contributed by atoms with van der Waals surface area (Å²) in [6.07, 6.45) is 5.40. The summed E-state index contributed by atoms with van der Waals surface area (Å²) in [5.74, 6) is 2.14.